The molecule has 2 fully saturated rings. The largest absolute Gasteiger partial charge is 0.352 e. The number of piperidine rings is 1. The van der Waals surface area contributed by atoms with Gasteiger partial charge in [0.25, 0.3) is 11.8 Å². The van der Waals surface area contributed by atoms with E-state index in [1.807, 2.05) is 5.01 Å². The summed E-state index contributed by atoms with van der Waals surface area (Å²) in [5.41, 5.74) is 5.93. The Balaban J connectivity index is 1.12. The van der Waals surface area contributed by atoms with Crippen molar-refractivity contribution in [2.45, 2.75) is 43.6 Å². The van der Waals surface area contributed by atoms with Gasteiger partial charge in [-0.15, -0.1) is 10.2 Å². The molecule has 2 saturated heterocycles. The van der Waals surface area contributed by atoms with E-state index >= 15 is 0 Å². The van der Waals surface area contributed by atoms with E-state index in [4.69, 9.17) is 4.74 Å². The van der Waals surface area contributed by atoms with E-state index in [-0.39, 0.29) is 49.2 Å². The van der Waals surface area contributed by atoms with E-state index in [2.05, 4.69) is 26.3 Å². The van der Waals surface area contributed by atoms with Gasteiger partial charge < -0.3 is 15.4 Å². The lowest BCUT2D eigenvalue weighted by atomic mass is 9.98. The highest BCUT2D eigenvalue weighted by Crippen LogP contribution is 2.49. The second kappa shape index (κ2) is 8.35. The standard InChI is InChI=1S/C24H23F3N6O2/c25-17-3-1-2-16-18(17)30-31-20-19(16)32-33(23-21(20)35-23)15-6-4-13(5-7-15)22(34)29-10-8-14-12-24(26,27)9-11-28-14/h1-7,14,21,23,28,32H,8-12H2,(H,29,34). The average Bonchev–Trinajstić information content (AvgIpc) is 3.64. The molecule has 0 aliphatic carbocycles. The van der Waals surface area contributed by atoms with Gasteiger partial charge >= 0.3 is 0 Å². The summed E-state index contributed by atoms with van der Waals surface area (Å²) in [6, 6.07) is 11.4. The predicted molar refractivity (Wildman–Crippen MR) is 123 cm³/mol. The monoisotopic (exact) mass is 484 g/mol. The van der Waals surface area contributed by atoms with Gasteiger partial charge in [0, 0.05) is 42.9 Å². The van der Waals surface area contributed by atoms with Crippen molar-refractivity contribution in [2.24, 2.45) is 0 Å². The molecule has 35 heavy (non-hydrogen) atoms. The zero-order valence-corrected chi connectivity index (χ0v) is 18.6. The molecule has 8 nitrogen and oxygen atoms in total. The van der Waals surface area contributed by atoms with Crippen LogP contribution in [0.15, 0.2) is 42.5 Å². The van der Waals surface area contributed by atoms with Gasteiger partial charge in [-0.3, -0.25) is 15.2 Å². The van der Waals surface area contributed by atoms with E-state index in [0.29, 0.717) is 35.3 Å². The Bertz CT molecular complexity index is 1290. The molecule has 3 unspecified atom stereocenters. The third-order valence-corrected chi connectivity index (χ3v) is 6.65. The van der Waals surface area contributed by atoms with E-state index in [9.17, 15) is 18.0 Å². The SMILES string of the molecule is O=C(NCCC1CC(F)(F)CCN1)c1ccc(N2Nc3c(nnc4c(F)cccc34)C3OC32)cc1. The summed E-state index contributed by atoms with van der Waals surface area (Å²) in [5, 5.41) is 16.5. The van der Waals surface area contributed by atoms with Crippen molar-refractivity contribution in [1.29, 1.82) is 0 Å². The molecule has 3 aliphatic rings. The van der Waals surface area contributed by atoms with Crippen LogP contribution in [0.4, 0.5) is 24.5 Å². The molecular weight excluding hydrogens is 461 g/mol. The number of carbonyl (C=O) groups is 1. The summed E-state index contributed by atoms with van der Waals surface area (Å²) < 4.78 is 47.0. The number of ether oxygens (including phenoxy) is 1. The van der Waals surface area contributed by atoms with Crippen molar-refractivity contribution in [2.75, 3.05) is 23.5 Å². The molecule has 0 radical (unpaired) electrons. The van der Waals surface area contributed by atoms with Crippen molar-refractivity contribution in [1.82, 2.24) is 20.8 Å². The minimum absolute atomic E-state index is 0.146. The van der Waals surface area contributed by atoms with Gasteiger partial charge in [-0.05, 0) is 36.8 Å². The number of halogens is 3. The molecule has 3 aliphatic heterocycles. The van der Waals surface area contributed by atoms with Gasteiger partial charge in [0.15, 0.2) is 18.1 Å². The Kier molecular flexibility index (Phi) is 5.26. The molecule has 3 N–H and O–H groups in total. The number of fused-ring (bicyclic) bond motifs is 5. The van der Waals surface area contributed by atoms with Crippen LogP contribution < -0.4 is 21.1 Å². The highest BCUT2D eigenvalue weighted by atomic mass is 19.3. The number of nitrogens with zero attached hydrogens (tertiary/aromatic N) is 3. The Morgan fingerprint density at radius 2 is 2.03 bits per heavy atom. The van der Waals surface area contributed by atoms with Gasteiger partial charge in [0.2, 0.25) is 0 Å². The molecule has 0 saturated carbocycles. The van der Waals surface area contributed by atoms with Gasteiger partial charge in [-0.25, -0.2) is 13.2 Å². The molecule has 0 bridgehead atoms. The molecule has 3 atom stereocenters. The number of nitrogens with one attached hydrogen (secondary N) is 3. The average molecular weight is 484 g/mol. The zero-order valence-electron chi connectivity index (χ0n) is 18.6. The second-order valence-corrected chi connectivity index (χ2v) is 9.08. The molecule has 11 heteroatoms. The maximum atomic E-state index is 14.2. The second-order valence-electron chi connectivity index (χ2n) is 9.08. The van der Waals surface area contributed by atoms with Crippen molar-refractivity contribution >= 4 is 28.2 Å². The van der Waals surface area contributed by atoms with Crippen LogP contribution in [0.3, 0.4) is 0 Å². The Hall–Kier alpha value is -3.44. The van der Waals surface area contributed by atoms with Crippen LogP contribution in [0.2, 0.25) is 0 Å². The van der Waals surface area contributed by atoms with E-state index < -0.39 is 11.7 Å². The minimum Gasteiger partial charge on any atom is -0.352 e. The van der Waals surface area contributed by atoms with E-state index in [0.717, 1.165) is 5.69 Å². The number of carbonyl (C=O) groups excluding carboxylic acids is 1. The number of benzene rings is 2. The lowest BCUT2D eigenvalue weighted by molar-refractivity contribution is -0.0417. The first-order chi connectivity index (χ1) is 16.9. The van der Waals surface area contributed by atoms with Crippen molar-refractivity contribution in [3.05, 3.63) is 59.5 Å². The van der Waals surface area contributed by atoms with Gasteiger partial charge in [-0.2, -0.15) is 0 Å². The topological polar surface area (TPSA) is 94.7 Å². The van der Waals surface area contributed by atoms with Crippen LogP contribution in [0.25, 0.3) is 10.9 Å². The molecular formula is C24H23F3N6O2. The third-order valence-electron chi connectivity index (χ3n) is 6.65. The molecule has 4 heterocycles. The maximum absolute atomic E-state index is 14.2. The number of hydrazine groups is 1. The fourth-order valence-corrected chi connectivity index (χ4v) is 4.76. The summed E-state index contributed by atoms with van der Waals surface area (Å²) in [6.45, 7) is 0.589. The van der Waals surface area contributed by atoms with Crippen LogP contribution in [0.1, 0.15) is 41.4 Å². The number of hydrogen-bond donors (Lipinski definition) is 3. The van der Waals surface area contributed by atoms with Crippen molar-refractivity contribution < 1.29 is 22.7 Å². The summed E-state index contributed by atoms with van der Waals surface area (Å²) in [4.78, 5) is 12.5. The summed E-state index contributed by atoms with van der Waals surface area (Å²) in [7, 11) is 0. The van der Waals surface area contributed by atoms with Crippen molar-refractivity contribution in [3.8, 4) is 0 Å². The third kappa shape index (κ3) is 4.14. The first kappa shape index (κ1) is 22.1. The first-order valence-electron chi connectivity index (χ1n) is 11.6. The summed E-state index contributed by atoms with van der Waals surface area (Å²) in [6.07, 6.45) is -0.485. The lowest BCUT2D eigenvalue weighted by Crippen LogP contribution is -2.45. The fourth-order valence-electron chi connectivity index (χ4n) is 4.76. The fraction of sp³-hybridized carbons (Fsp3) is 0.375. The van der Waals surface area contributed by atoms with Crippen LogP contribution in [0.5, 0.6) is 0 Å². The number of hydrogen-bond acceptors (Lipinski definition) is 7. The highest BCUT2D eigenvalue weighted by Gasteiger charge is 2.52. The lowest BCUT2D eigenvalue weighted by Gasteiger charge is -2.30. The van der Waals surface area contributed by atoms with Crippen LogP contribution in [-0.2, 0) is 4.74 Å². The molecule has 0 spiro atoms. The predicted octanol–water partition coefficient (Wildman–Crippen LogP) is 3.52. The number of aromatic nitrogens is 2. The molecule has 6 rings (SSSR count). The van der Waals surface area contributed by atoms with Crippen molar-refractivity contribution in [3.63, 3.8) is 0 Å². The summed E-state index contributed by atoms with van der Waals surface area (Å²) >= 11 is 0. The molecule has 182 valence electrons. The van der Waals surface area contributed by atoms with Crippen LogP contribution in [-0.4, -0.2) is 47.4 Å². The zero-order chi connectivity index (χ0) is 24.2. The number of epoxide rings is 1. The molecule has 3 aromatic rings. The number of rotatable bonds is 5. The summed E-state index contributed by atoms with van der Waals surface area (Å²) in [5.74, 6) is -3.36. The molecule has 2 aromatic carbocycles. The molecule has 1 aromatic heterocycles. The quantitative estimate of drug-likeness (QED) is 0.477. The Labute approximate surface area is 198 Å². The number of anilines is 2. The number of alkyl halides is 2. The highest BCUT2D eigenvalue weighted by molar-refractivity contribution is 5.95. The smallest absolute Gasteiger partial charge is 0.251 e. The van der Waals surface area contributed by atoms with E-state index in [1.54, 1.807) is 36.4 Å². The maximum Gasteiger partial charge on any atom is 0.251 e. The normalized spacial score (nSPS) is 24.3. The van der Waals surface area contributed by atoms with Gasteiger partial charge in [-0.1, -0.05) is 12.1 Å². The number of amides is 1. The Morgan fingerprint density at radius 1 is 1.20 bits per heavy atom. The first-order valence-corrected chi connectivity index (χ1v) is 11.6. The van der Waals surface area contributed by atoms with Gasteiger partial charge in [0.05, 0.1) is 11.4 Å². The van der Waals surface area contributed by atoms with Gasteiger partial charge in [0.1, 0.15) is 11.2 Å². The molecule has 1 amide bonds. The Morgan fingerprint density at radius 3 is 2.83 bits per heavy atom. The van der Waals surface area contributed by atoms with Crippen LogP contribution >= 0.6 is 0 Å². The van der Waals surface area contributed by atoms with E-state index in [1.165, 1.54) is 6.07 Å². The van der Waals surface area contributed by atoms with Crippen LogP contribution in [0, 0.1) is 5.82 Å². The minimum atomic E-state index is -2.64.